The van der Waals surface area contributed by atoms with Gasteiger partial charge < -0.3 is 14.3 Å². The number of rotatable bonds is 3. The SMILES string of the molecule is CC(C)c1nc(C2CCOCC2)oc1C(=O)O. The van der Waals surface area contributed by atoms with Gasteiger partial charge in [0.2, 0.25) is 5.76 Å². The number of ether oxygens (including phenoxy) is 1. The second-order valence-electron chi connectivity index (χ2n) is 4.61. The van der Waals surface area contributed by atoms with Crippen molar-refractivity contribution in [3.63, 3.8) is 0 Å². The highest BCUT2D eigenvalue weighted by atomic mass is 16.5. The maximum absolute atomic E-state index is 11.1. The molecule has 94 valence electrons. The second kappa shape index (κ2) is 4.87. The van der Waals surface area contributed by atoms with Crippen LogP contribution in [0.1, 0.15) is 60.7 Å². The topological polar surface area (TPSA) is 72.6 Å². The molecule has 0 aromatic carbocycles. The third-order valence-corrected chi connectivity index (χ3v) is 2.98. The maximum atomic E-state index is 11.1. The van der Waals surface area contributed by atoms with Crippen LogP contribution in [0.5, 0.6) is 0 Å². The van der Waals surface area contributed by atoms with Crippen LogP contribution in [0.2, 0.25) is 0 Å². The standard InChI is InChI=1S/C12H17NO4/c1-7(2)9-10(12(14)15)17-11(13-9)8-3-5-16-6-4-8/h7-8H,3-6H2,1-2H3,(H,14,15). The molecule has 0 bridgehead atoms. The van der Waals surface area contributed by atoms with Gasteiger partial charge in [0.25, 0.3) is 0 Å². The summed E-state index contributed by atoms with van der Waals surface area (Å²) in [5.41, 5.74) is 0.541. The van der Waals surface area contributed by atoms with Crippen LogP contribution in [0.25, 0.3) is 0 Å². The number of hydrogen-bond acceptors (Lipinski definition) is 4. The van der Waals surface area contributed by atoms with E-state index in [1.807, 2.05) is 13.8 Å². The maximum Gasteiger partial charge on any atom is 0.373 e. The van der Waals surface area contributed by atoms with Crippen LogP contribution in [0, 0.1) is 0 Å². The average Bonchev–Trinajstić information content (AvgIpc) is 2.75. The Bertz CT molecular complexity index is 405. The molecule has 1 saturated heterocycles. The molecular formula is C12H17NO4. The van der Waals surface area contributed by atoms with Gasteiger partial charge in [-0.2, -0.15) is 0 Å². The molecule has 0 amide bonds. The number of hydrogen-bond donors (Lipinski definition) is 1. The molecule has 1 aliphatic rings. The van der Waals surface area contributed by atoms with Gasteiger partial charge in [-0.15, -0.1) is 0 Å². The van der Waals surface area contributed by atoms with Gasteiger partial charge in [0, 0.05) is 19.1 Å². The molecule has 1 aromatic heterocycles. The number of aromatic nitrogens is 1. The third kappa shape index (κ3) is 2.49. The van der Waals surface area contributed by atoms with Crippen LogP contribution in [0.15, 0.2) is 4.42 Å². The van der Waals surface area contributed by atoms with Gasteiger partial charge >= 0.3 is 5.97 Å². The van der Waals surface area contributed by atoms with Gasteiger partial charge in [-0.25, -0.2) is 9.78 Å². The van der Waals surface area contributed by atoms with E-state index in [1.54, 1.807) is 0 Å². The molecule has 1 aromatic rings. The van der Waals surface area contributed by atoms with Crippen LogP contribution in [0.3, 0.4) is 0 Å². The Balaban J connectivity index is 2.29. The van der Waals surface area contributed by atoms with E-state index in [9.17, 15) is 4.79 Å². The molecule has 0 aliphatic carbocycles. The number of carboxylic acid groups (broad SMARTS) is 1. The lowest BCUT2D eigenvalue weighted by atomic mass is 10.0. The number of carbonyl (C=O) groups is 1. The minimum Gasteiger partial charge on any atom is -0.475 e. The lowest BCUT2D eigenvalue weighted by Gasteiger charge is -2.18. The molecule has 2 rings (SSSR count). The lowest BCUT2D eigenvalue weighted by Crippen LogP contribution is -2.14. The number of nitrogens with zero attached hydrogens (tertiary/aromatic N) is 1. The van der Waals surface area contributed by atoms with E-state index in [0.29, 0.717) is 24.8 Å². The zero-order valence-electron chi connectivity index (χ0n) is 10.1. The molecule has 0 spiro atoms. The van der Waals surface area contributed by atoms with Crippen LogP contribution in [-0.4, -0.2) is 29.3 Å². The molecule has 1 fully saturated rings. The summed E-state index contributed by atoms with van der Waals surface area (Å²) >= 11 is 0. The number of carboxylic acids is 1. The van der Waals surface area contributed by atoms with Crippen molar-refractivity contribution in [1.29, 1.82) is 0 Å². The quantitative estimate of drug-likeness (QED) is 0.876. The zero-order valence-corrected chi connectivity index (χ0v) is 10.1. The minimum absolute atomic E-state index is 0.0125. The van der Waals surface area contributed by atoms with Crippen molar-refractivity contribution >= 4 is 5.97 Å². The fraction of sp³-hybridized carbons (Fsp3) is 0.667. The summed E-state index contributed by atoms with van der Waals surface area (Å²) < 4.78 is 10.7. The highest BCUT2D eigenvalue weighted by molar-refractivity contribution is 5.85. The summed E-state index contributed by atoms with van der Waals surface area (Å²) in [6.45, 7) is 5.20. The first-order valence-corrected chi connectivity index (χ1v) is 5.91. The highest BCUT2D eigenvalue weighted by Crippen LogP contribution is 2.30. The van der Waals surface area contributed by atoms with Gasteiger partial charge in [0.15, 0.2) is 5.89 Å². The third-order valence-electron chi connectivity index (χ3n) is 2.98. The predicted octanol–water partition coefficient (Wildman–Crippen LogP) is 2.39. The summed E-state index contributed by atoms with van der Waals surface area (Å²) in [6, 6.07) is 0. The Labute approximate surface area is 99.8 Å². The van der Waals surface area contributed by atoms with Crippen molar-refractivity contribution in [3.8, 4) is 0 Å². The summed E-state index contributed by atoms with van der Waals surface area (Å²) in [7, 11) is 0. The molecule has 0 unspecified atom stereocenters. The highest BCUT2D eigenvalue weighted by Gasteiger charge is 2.27. The molecule has 17 heavy (non-hydrogen) atoms. The summed E-state index contributed by atoms with van der Waals surface area (Å²) in [5, 5.41) is 9.07. The summed E-state index contributed by atoms with van der Waals surface area (Å²) in [6.07, 6.45) is 1.69. The van der Waals surface area contributed by atoms with Crippen LogP contribution >= 0.6 is 0 Å². The largest absolute Gasteiger partial charge is 0.475 e. The summed E-state index contributed by atoms with van der Waals surface area (Å²) in [4.78, 5) is 15.4. The monoisotopic (exact) mass is 239 g/mol. The van der Waals surface area contributed by atoms with Crippen molar-refractivity contribution < 1.29 is 19.1 Å². The van der Waals surface area contributed by atoms with E-state index in [2.05, 4.69) is 4.98 Å². The minimum atomic E-state index is -1.04. The first-order chi connectivity index (χ1) is 8.09. The van der Waals surface area contributed by atoms with Crippen LogP contribution in [-0.2, 0) is 4.74 Å². The molecular weight excluding hydrogens is 222 g/mol. The van der Waals surface area contributed by atoms with Crippen molar-refractivity contribution in [3.05, 3.63) is 17.3 Å². The Hall–Kier alpha value is -1.36. The first-order valence-electron chi connectivity index (χ1n) is 5.91. The fourth-order valence-electron chi connectivity index (χ4n) is 2.01. The Morgan fingerprint density at radius 2 is 2.06 bits per heavy atom. The molecule has 2 heterocycles. The van der Waals surface area contributed by atoms with Crippen LogP contribution < -0.4 is 0 Å². The lowest BCUT2D eigenvalue weighted by molar-refractivity contribution is 0.0645. The zero-order chi connectivity index (χ0) is 12.4. The summed E-state index contributed by atoms with van der Waals surface area (Å²) in [5.74, 6) is -0.261. The molecule has 0 atom stereocenters. The van der Waals surface area contributed by atoms with E-state index in [0.717, 1.165) is 12.8 Å². The smallest absolute Gasteiger partial charge is 0.373 e. The molecule has 0 radical (unpaired) electrons. The average molecular weight is 239 g/mol. The van der Waals surface area contributed by atoms with Gasteiger partial charge in [-0.05, 0) is 18.8 Å². The van der Waals surface area contributed by atoms with Crippen molar-refractivity contribution in [1.82, 2.24) is 4.98 Å². The molecule has 5 heteroatoms. The van der Waals surface area contributed by atoms with Gasteiger partial charge in [0.1, 0.15) is 0 Å². The van der Waals surface area contributed by atoms with E-state index in [-0.39, 0.29) is 17.6 Å². The predicted molar refractivity (Wildman–Crippen MR) is 60.3 cm³/mol. The van der Waals surface area contributed by atoms with Gasteiger partial charge in [0.05, 0.1) is 5.69 Å². The second-order valence-corrected chi connectivity index (χ2v) is 4.61. The van der Waals surface area contributed by atoms with E-state index >= 15 is 0 Å². The van der Waals surface area contributed by atoms with E-state index < -0.39 is 5.97 Å². The van der Waals surface area contributed by atoms with Gasteiger partial charge in [-0.3, -0.25) is 0 Å². The fourth-order valence-corrected chi connectivity index (χ4v) is 2.01. The Kier molecular flexibility index (Phi) is 3.47. The first kappa shape index (κ1) is 12.1. The van der Waals surface area contributed by atoms with E-state index in [1.165, 1.54) is 0 Å². The van der Waals surface area contributed by atoms with Gasteiger partial charge in [-0.1, -0.05) is 13.8 Å². The number of aromatic carboxylic acids is 1. The van der Waals surface area contributed by atoms with E-state index in [4.69, 9.17) is 14.3 Å². The van der Waals surface area contributed by atoms with Crippen LogP contribution in [0.4, 0.5) is 0 Å². The molecule has 1 N–H and O–H groups in total. The molecule has 1 aliphatic heterocycles. The molecule has 0 saturated carbocycles. The Morgan fingerprint density at radius 1 is 1.41 bits per heavy atom. The Morgan fingerprint density at radius 3 is 2.53 bits per heavy atom. The number of oxazole rings is 1. The molecule has 5 nitrogen and oxygen atoms in total. The van der Waals surface area contributed by atoms with Crippen molar-refractivity contribution in [2.75, 3.05) is 13.2 Å². The normalized spacial score (nSPS) is 17.6. The van der Waals surface area contributed by atoms with Crippen molar-refractivity contribution in [2.45, 2.75) is 38.5 Å². The van der Waals surface area contributed by atoms with Crippen molar-refractivity contribution in [2.24, 2.45) is 0 Å².